The fourth-order valence-corrected chi connectivity index (χ4v) is 3.24. The molecule has 0 saturated carbocycles. The third-order valence-corrected chi connectivity index (χ3v) is 4.80. The highest BCUT2D eigenvalue weighted by atomic mass is 32.2. The van der Waals surface area contributed by atoms with E-state index in [-0.39, 0.29) is 17.7 Å². The maximum absolute atomic E-state index is 12.2. The molecule has 0 aliphatic rings. The van der Waals surface area contributed by atoms with Crippen molar-refractivity contribution in [1.29, 1.82) is 0 Å². The Kier molecular flexibility index (Phi) is 5.27. The second-order valence-corrected chi connectivity index (χ2v) is 6.92. The van der Waals surface area contributed by atoms with Crippen LogP contribution >= 0.6 is 11.8 Å². The lowest BCUT2D eigenvalue weighted by atomic mass is 10.1. The summed E-state index contributed by atoms with van der Waals surface area (Å²) in [5.74, 6) is 6.59. The minimum atomic E-state index is -0.0954. The molecule has 0 aliphatic heterocycles. The van der Waals surface area contributed by atoms with Gasteiger partial charge >= 0.3 is 0 Å². The van der Waals surface area contributed by atoms with Crippen LogP contribution in [0.2, 0.25) is 0 Å². The number of amides is 1. The maximum Gasteiger partial charge on any atom is 0.271 e. The van der Waals surface area contributed by atoms with Gasteiger partial charge in [0.1, 0.15) is 0 Å². The van der Waals surface area contributed by atoms with E-state index in [2.05, 4.69) is 20.6 Å². The van der Waals surface area contributed by atoms with E-state index >= 15 is 0 Å². The molecule has 0 bridgehead atoms. The fraction of sp³-hybridized carbons (Fsp3) is 0.294. The SMILES string of the molecule is Cc1cc(C)n(-c2nnc(SCC(=O)N[C@H](C)c3ccccc3)n2N)n1. The minimum absolute atomic E-state index is 0.0645. The van der Waals surface area contributed by atoms with E-state index in [4.69, 9.17) is 5.84 Å². The van der Waals surface area contributed by atoms with Gasteiger partial charge in [-0.05, 0) is 32.4 Å². The minimum Gasteiger partial charge on any atom is -0.349 e. The van der Waals surface area contributed by atoms with Crippen molar-refractivity contribution >= 4 is 17.7 Å². The van der Waals surface area contributed by atoms with E-state index in [1.54, 1.807) is 4.68 Å². The van der Waals surface area contributed by atoms with Crippen molar-refractivity contribution in [1.82, 2.24) is 30.0 Å². The van der Waals surface area contributed by atoms with Gasteiger partial charge in [-0.25, -0.2) is 9.36 Å². The number of nitrogen functional groups attached to an aromatic ring is 1. The van der Waals surface area contributed by atoms with Crippen LogP contribution in [0.3, 0.4) is 0 Å². The number of benzene rings is 1. The molecule has 1 amide bonds. The predicted octanol–water partition coefficient (Wildman–Crippen LogP) is 1.76. The van der Waals surface area contributed by atoms with Crippen LogP contribution in [-0.4, -0.2) is 36.3 Å². The van der Waals surface area contributed by atoms with E-state index in [1.807, 2.05) is 57.2 Å². The summed E-state index contributed by atoms with van der Waals surface area (Å²) < 4.78 is 2.97. The first kappa shape index (κ1) is 18.0. The van der Waals surface area contributed by atoms with E-state index in [9.17, 15) is 4.79 Å². The number of aryl methyl sites for hydroxylation is 2. The van der Waals surface area contributed by atoms with Crippen LogP contribution in [0.4, 0.5) is 0 Å². The molecule has 0 aliphatic carbocycles. The molecule has 0 fully saturated rings. The van der Waals surface area contributed by atoms with Crippen LogP contribution in [0.25, 0.3) is 5.95 Å². The largest absolute Gasteiger partial charge is 0.349 e. The summed E-state index contributed by atoms with van der Waals surface area (Å²) in [5, 5.41) is 15.9. The van der Waals surface area contributed by atoms with Gasteiger partial charge in [-0.1, -0.05) is 42.1 Å². The quantitative estimate of drug-likeness (QED) is 0.505. The highest BCUT2D eigenvalue weighted by Crippen LogP contribution is 2.18. The lowest BCUT2D eigenvalue weighted by Crippen LogP contribution is -2.28. The number of thioether (sulfide) groups is 1. The number of aromatic nitrogens is 5. The van der Waals surface area contributed by atoms with Gasteiger partial charge in [0, 0.05) is 5.69 Å². The third kappa shape index (κ3) is 3.88. The molecule has 3 aromatic rings. The molecule has 3 N–H and O–H groups in total. The average Bonchev–Trinajstić information content (AvgIpc) is 3.15. The molecule has 136 valence electrons. The Morgan fingerprint density at radius 3 is 2.65 bits per heavy atom. The summed E-state index contributed by atoms with van der Waals surface area (Å²) in [4.78, 5) is 12.2. The highest BCUT2D eigenvalue weighted by Gasteiger charge is 2.16. The number of rotatable bonds is 6. The zero-order valence-electron chi connectivity index (χ0n) is 14.9. The number of carbonyl (C=O) groups excluding carboxylic acids is 1. The first-order valence-corrected chi connectivity index (χ1v) is 9.15. The molecule has 0 saturated heterocycles. The number of carbonyl (C=O) groups is 1. The molecule has 8 nitrogen and oxygen atoms in total. The monoisotopic (exact) mass is 371 g/mol. The lowest BCUT2D eigenvalue weighted by molar-refractivity contribution is -0.119. The molecular weight excluding hydrogens is 350 g/mol. The molecule has 1 atom stereocenters. The van der Waals surface area contributed by atoms with Gasteiger partial charge in [0.25, 0.3) is 5.95 Å². The first-order chi connectivity index (χ1) is 12.5. The Bertz CT molecular complexity index is 903. The molecule has 9 heteroatoms. The van der Waals surface area contributed by atoms with Crippen molar-refractivity contribution in [2.24, 2.45) is 0 Å². The first-order valence-electron chi connectivity index (χ1n) is 8.17. The summed E-state index contributed by atoms with van der Waals surface area (Å²) in [5.41, 5.74) is 2.83. The molecule has 26 heavy (non-hydrogen) atoms. The van der Waals surface area contributed by atoms with Gasteiger partial charge in [0.05, 0.1) is 17.5 Å². The van der Waals surface area contributed by atoms with Gasteiger partial charge in [-0.3, -0.25) is 4.79 Å². The topological polar surface area (TPSA) is 104 Å². The van der Waals surface area contributed by atoms with E-state index in [1.165, 1.54) is 16.4 Å². The van der Waals surface area contributed by atoms with Crippen LogP contribution in [0.15, 0.2) is 41.6 Å². The summed E-state index contributed by atoms with van der Waals surface area (Å²) in [6.07, 6.45) is 0. The fourth-order valence-electron chi connectivity index (χ4n) is 2.58. The number of nitrogens with two attached hydrogens (primary N) is 1. The summed E-state index contributed by atoms with van der Waals surface area (Å²) in [6, 6.07) is 11.7. The van der Waals surface area contributed by atoms with Crippen molar-refractivity contribution in [2.45, 2.75) is 32.0 Å². The van der Waals surface area contributed by atoms with Gasteiger partial charge in [-0.15, -0.1) is 10.2 Å². The molecule has 3 rings (SSSR count). The van der Waals surface area contributed by atoms with Crippen molar-refractivity contribution in [3.63, 3.8) is 0 Å². The van der Waals surface area contributed by atoms with Gasteiger partial charge in [0.15, 0.2) is 0 Å². The second-order valence-electron chi connectivity index (χ2n) is 5.98. The van der Waals surface area contributed by atoms with E-state index < -0.39 is 0 Å². The van der Waals surface area contributed by atoms with Crippen molar-refractivity contribution < 1.29 is 4.79 Å². The Morgan fingerprint density at radius 1 is 1.27 bits per heavy atom. The number of nitrogens with one attached hydrogen (secondary N) is 1. The standard InChI is InChI=1S/C17H21N7OS/c1-11-9-12(2)24(22-11)16-20-21-17(23(16)18)26-10-15(25)19-13(3)14-7-5-4-6-8-14/h4-9,13H,10,18H2,1-3H3,(H,19,25)/t13-/m1/s1. The summed E-state index contributed by atoms with van der Waals surface area (Å²) in [7, 11) is 0. The molecule has 2 aromatic heterocycles. The Balaban J connectivity index is 1.62. The Labute approximate surface area is 155 Å². The number of nitrogens with zero attached hydrogens (tertiary/aromatic N) is 5. The number of hydrogen-bond donors (Lipinski definition) is 2. The van der Waals surface area contributed by atoms with Crippen molar-refractivity contribution in [3.8, 4) is 5.95 Å². The smallest absolute Gasteiger partial charge is 0.271 e. The Hall–Kier alpha value is -2.81. The zero-order valence-corrected chi connectivity index (χ0v) is 15.7. The van der Waals surface area contributed by atoms with E-state index in [0.717, 1.165) is 17.0 Å². The van der Waals surface area contributed by atoms with Crippen LogP contribution < -0.4 is 11.2 Å². The van der Waals surface area contributed by atoms with Gasteiger partial charge in [0.2, 0.25) is 11.1 Å². The van der Waals surface area contributed by atoms with E-state index in [0.29, 0.717) is 11.1 Å². The average molecular weight is 371 g/mol. The molecule has 0 spiro atoms. The third-order valence-electron chi connectivity index (χ3n) is 3.86. The second kappa shape index (κ2) is 7.61. The molecule has 0 radical (unpaired) electrons. The Morgan fingerprint density at radius 2 is 2.00 bits per heavy atom. The van der Waals surface area contributed by atoms with Crippen LogP contribution in [0.5, 0.6) is 0 Å². The van der Waals surface area contributed by atoms with Crippen LogP contribution in [0.1, 0.15) is 29.9 Å². The zero-order chi connectivity index (χ0) is 18.7. The van der Waals surface area contributed by atoms with Crippen molar-refractivity contribution in [2.75, 3.05) is 11.6 Å². The molecule has 0 unspecified atom stereocenters. The van der Waals surface area contributed by atoms with Gasteiger partial charge in [-0.2, -0.15) is 5.10 Å². The van der Waals surface area contributed by atoms with Crippen LogP contribution in [0, 0.1) is 13.8 Å². The van der Waals surface area contributed by atoms with Crippen LogP contribution in [-0.2, 0) is 4.79 Å². The van der Waals surface area contributed by atoms with Crippen molar-refractivity contribution in [3.05, 3.63) is 53.3 Å². The number of hydrogen-bond acceptors (Lipinski definition) is 6. The highest BCUT2D eigenvalue weighted by molar-refractivity contribution is 7.99. The summed E-state index contributed by atoms with van der Waals surface area (Å²) >= 11 is 1.23. The summed E-state index contributed by atoms with van der Waals surface area (Å²) in [6.45, 7) is 5.76. The molecule has 2 heterocycles. The predicted molar refractivity (Wildman–Crippen MR) is 100 cm³/mol. The molecular formula is C17H21N7OS. The maximum atomic E-state index is 12.2. The van der Waals surface area contributed by atoms with Gasteiger partial charge < -0.3 is 11.2 Å². The lowest BCUT2D eigenvalue weighted by Gasteiger charge is -2.13. The normalized spacial score (nSPS) is 12.1. The molecule has 1 aromatic carbocycles.